The molecular formula is C20H19N3O5. The fourth-order valence-electron chi connectivity index (χ4n) is 2.54. The standard InChI is InChI=1S/C20H19N3O5/c1-12-6-5-7-16(13(12)2)22-20(24)15(11-21)8-14-9-18(27-3)19(28-4)10-17(14)23(25)26/h5-10H,1-4H3,(H,22,24)/b15-8+. The molecule has 0 saturated carbocycles. The molecule has 0 saturated heterocycles. The molecule has 8 nitrogen and oxygen atoms in total. The Morgan fingerprint density at radius 3 is 2.43 bits per heavy atom. The third-order valence-electron chi connectivity index (χ3n) is 4.25. The minimum absolute atomic E-state index is 0.0512. The number of nitro benzene ring substituents is 1. The topological polar surface area (TPSA) is 114 Å². The second-order valence-electron chi connectivity index (χ2n) is 5.89. The highest BCUT2D eigenvalue weighted by Gasteiger charge is 2.20. The molecule has 2 aromatic carbocycles. The van der Waals surface area contributed by atoms with Gasteiger partial charge in [-0.2, -0.15) is 5.26 Å². The Hall–Kier alpha value is -3.86. The van der Waals surface area contributed by atoms with Crippen molar-refractivity contribution >= 4 is 23.4 Å². The van der Waals surface area contributed by atoms with Gasteiger partial charge in [-0.05, 0) is 43.2 Å². The van der Waals surface area contributed by atoms with Crippen LogP contribution in [0.1, 0.15) is 16.7 Å². The third kappa shape index (κ3) is 4.27. The van der Waals surface area contributed by atoms with E-state index >= 15 is 0 Å². The number of hydrogen-bond acceptors (Lipinski definition) is 6. The Bertz CT molecular complexity index is 1010. The summed E-state index contributed by atoms with van der Waals surface area (Å²) in [5.41, 5.74) is 1.87. The molecule has 0 aromatic heterocycles. The minimum Gasteiger partial charge on any atom is -0.493 e. The maximum atomic E-state index is 12.5. The Kier molecular flexibility index (Phi) is 6.34. The van der Waals surface area contributed by atoms with Gasteiger partial charge in [0, 0.05) is 5.69 Å². The van der Waals surface area contributed by atoms with Gasteiger partial charge in [-0.3, -0.25) is 14.9 Å². The first-order valence-electron chi connectivity index (χ1n) is 8.22. The molecule has 144 valence electrons. The van der Waals surface area contributed by atoms with Gasteiger partial charge in [0.1, 0.15) is 11.6 Å². The van der Waals surface area contributed by atoms with Crippen molar-refractivity contribution in [2.45, 2.75) is 13.8 Å². The van der Waals surface area contributed by atoms with Crippen molar-refractivity contribution in [2.24, 2.45) is 0 Å². The second-order valence-corrected chi connectivity index (χ2v) is 5.89. The molecule has 1 N–H and O–H groups in total. The van der Waals surface area contributed by atoms with Crippen LogP contribution in [-0.4, -0.2) is 25.1 Å². The third-order valence-corrected chi connectivity index (χ3v) is 4.25. The highest BCUT2D eigenvalue weighted by molar-refractivity contribution is 6.10. The summed E-state index contributed by atoms with van der Waals surface area (Å²) < 4.78 is 10.2. The number of hydrogen-bond donors (Lipinski definition) is 1. The summed E-state index contributed by atoms with van der Waals surface area (Å²) in [6.45, 7) is 3.75. The number of nitriles is 1. The van der Waals surface area contributed by atoms with Crippen molar-refractivity contribution in [3.05, 3.63) is 62.7 Å². The molecule has 8 heteroatoms. The van der Waals surface area contributed by atoms with Crippen LogP contribution in [0.2, 0.25) is 0 Å². The number of anilines is 1. The monoisotopic (exact) mass is 381 g/mol. The summed E-state index contributed by atoms with van der Waals surface area (Å²) in [4.78, 5) is 23.3. The van der Waals surface area contributed by atoms with E-state index < -0.39 is 10.8 Å². The number of carbonyl (C=O) groups excluding carboxylic acids is 1. The predicted octanol–water partition coefficient (Wildman–Crippen LogP) is 3.77. The van der Waals surface area contributed by atoms with E-state index in [9.17, 15) is 20.2 Å². The van der Waals surface area contributed by atoms with Crippen LogP contribution >= 0.6 is 0 Å². The average molecular weight is 381 g/mol. The van der Waals surface area contributed by atoms with Crippen LogP contribution < -0.4 is 14.8 Å². The molecule has 0 spiro atoms. The first-order chi connectivity index (χ1) is 13.3. The fraction of sp³-hybridized carbons (Fsp3) is 0.200. The van der Waals surface area contributed by atoms with E-state index in [1.807, 2.05) is 19.9 Å². The lowest BCUT2D eigenvalue weighted by Crippen LogP contribution is -2.14. The van der Waals surface area contributed by atoms with Crippen molar-refractivity contribution in [3.8, 4) is 17.6 Å². The van der Waals surface area contributed by atoms with Gasteiger partial charge in [0.15, 0.2) is 11.5 Å². The number of nitrogens with zero attached hydrogens (tertiary/aromatic N) is 2. The number of rotatable bonds is 6. The summed E-state index contributed by atoms with van der Waals surface area (Å²) in [5.74, 6) is -0.253. The summed E-state index contributed by atoms with van der Waals surface area (Å²) in [6.07, 6.45) is 1.15. The van der Waals surface area contributed by atoms with Crippen molar-refractivity contribution < 1.29 is 19.2 Å². The lowest BCUT2D eigenvalue weighted by molar-refractivity contribution is -0.385. The van der Waals surface area contributed by atoms with Gasteiger partial charge in [0.05, 0.1) is 30.8 Å². The number of aryl methyl sites for hydroxylation is 1. The number of ether oxygens (including phenoxy) is 2. The maximum Gasteiger partial charge on any atom is 0.280 e. The van der Waals surface area contributed by atoms with E-state index in [-0.39, 0.29) is 28.3 Å². The Balaban J connectivity index is 2.48. The normalized spacial score (nSPS) is 10.8. The largest absolute Gasteiger partial charge is 0.493 e. The van der Waals surface area contributed by atoms with Crippen molar-refractivity contribution in [1.29, 1.82) is 5.26 Å². The van der Waals surface area contributed by atoms with Crippen LogP contribution in [0.5, 0.6) is 11.5 Å². The lowest BCUT2D eigenvalue weighted by Gasteiger charge is -2.11. The van der Waals surface area contributed by atoms with Crippen LogP contribution in [0.3, 0.4) is 0 Å². The molecule has 0 atom stereocenters. The lowest BCUT2D eigenvalue weighted by atomic mass is 10.1. The second kappa shape index (κ2) is 8.68. The van der Waals surface area contributed by atoms with Gasteiger partial charge >= 0.3 is 0 Å². The molecule has 2 rings (SSSR count). The molecule has 2 aromatic rings. The number of nitrogens with one attached hydrogen (secondary N) is 1. The molecule has 0 aliphatic carbocycles. The Morgan fingerprint density at radius 2 is 1.86 bits per heavy atom. The van der Waals surface area contributed by atoms with Crippen molar-refractivity contribution in [2.75, 3.05) is 19.5 Å². The molecule has 0 aliphatic rings. The maximum absolute atomic E-state index is 12.5. The average Bonchev–Trinajstić information content (AvgIpc) is 2.68. The summed E-state index contributed by atoms with van der Waals surface area (Å²) >= 11 is 0. The van der Waals surface area contributed by atoms with Crippen LogP contribution in [0.4, 0.5) is 11.4 Å². The van der Waals surface area contributed by atoms with Gasteiger partial charge < -0.3 is 14.8 Å². The first kappa shape index (κ1) is 20.5. The molecule has 0 bridgehead atoms. The molecule has 0 radical (unpaired) electrons. The fourth-order valence-corrected chi connectivity index (χ4v) is 2.54. The molecule has 28 heavy (non-hydrogen) atoms. The van der Waals surface area contributed by atoms with E-state index in [0.717, 1.165) is 17.2 Å². The first-order valence-corrected chi connectivity index (χ1v) is 8.22. The van der Waals surface area contributed by atoms with Crippen LogP contribution in [-0.2, 0) is 4.79 Å². The van der Waals surface area contributed by atoms with Gasteiger partial charge in [-0.1, -0.05) is 12.1 Å². The van der Waals surface area contributed by atoms with Gasteiger partial charge in [0.2, 0.25) is 0 Å². The highest BCUT2D eigenvalue weighted by atomic mass is 16.6. The molecule has 0 aliphatic heterocycles. The van der Waals surface area contributed by atoms with E-state index in [1.54, 1.807) is 18.2 Å². The summed E-state index contributed by atoms with van der Waals surface area (Å²) in [6, 6.07) is 9.72. The van der Waals surface area contributed by atoms with E-state index in [0.29, 0.717) is 5.69 Å². The quantitative estimate of drug-likeness (QED) is 0.352. The SMILES string of the molecule is COc1cc(/C=C(\C#N)C(=O)Nc2cccc(C)c2C)c([N+](=O)[O-])cc1OC. The van der Waals surface area contributed by atoms with Crippen molar-refractivity contribution in [3.63, 3.8) is 0 Å². The van der Waals surface area contributed by atoms with E-state index in [1.165, 1.54) is 26.4 Å². The minimum atomic E-state index is -0.666. The Labute approximate surface area is 162 Å². The zero-order valence-corrected chi connectivity index (χ0v) is 15.9. The van der Waals surface area contributed by atoms with Crippen LogP contribution in [0.15, 0.2) is 35.9 Å². The van der Waals surface area contributed by atoms with Gasteiger partial charge in [0.25, 0.3) is 11.6 Å². The number of nitro groups is 1. The van der Waals surface area contributed by atoms with Crippen LogP contribution in [0, 0.1) is 35.3 Å². The molecule has 0 fully saturated rings. The number of benzene rings is 2. The molecular weight excluding hydrogens is 362 g/mol. The smallest absolute Gasteiger partial charge is 0.280 e. The zero-order chi connectivity index (χ0) is 20.8. The predicted molar refractivity (Wildman–Crippen MR) is 104 cm³/mol. The molecule has 0 unspecified atom stereocenters. The van der Waals surface area contributed by atoms with E-state index in [2.05, 4.69) is 5.32 Å². The number of carbonyl (C=O) groups is 1. The summed E-state index contributed by atoms with van der Waals surface area (Å²) in [7, 11) is 2.74. The highest BCUT2D eigenvalue weighted by Crippen LogP contribution is 2.35. The van der Waals surface area contributed by atoms with Crippen molar-refractivity contribution in [1.82, 2.24) is 0 Å². The zero-order valence-electron chi connectivity index (χ0n) is 15.9. The summed E-state index contributed by atoms with van der Waals surface area (Å²) in [5, 5.41) is 23.5. The number of methoxy groups -OCH3 is 2. The van der Waals surface area contributed by atoms with Crippen LogP contribution in [0.25, 0.3) is 6.08 Å². The molecule has 1 amide bonds. The molecule has 0 heterocycles. The van der Waals surface area contributed by atoms with E-state index in [4.69, 9.17) is 9.47 Å². The Morgan fingerprint density at radius 1 is 1.21 bits per heavy atom. The van der Waals surface area contributed by atoms with Gasteiger partial charge in [-0.15, -0.1) is 0 Å². The van der Waals surface area contributed by atoms with Gasteiger partial charge in [-0.25, -0.2) is 0 Å². The number of amides is 1.